The van der Waals surface area contributed by atoms with Crippen LogP contribution in [0.4, 0.5) is 13.2 Å². The van der Waals surface area contributed by atoms with Gasteiger partial charge in [-0.1, -0.05) is 36.4 Å². The van der Waals surface area contributed by atoms with Gasteiger partial charge < -0.3 is 9.88 Å². The Bertz CT molecular complexity index is 1210. The maximum absolute atomic E-state index is 12.7. The van der Waals surface area contributed by atoms with E-state index in [0.29, 0.717) is 6.54 Å². The van der Waals surface area contributed by atoms with Gasteiger partial charge in [-0.15, -0.1) is 0 Å². The number of aromatic nitrogens is 3. The van der Waals surface area contributed by atoms with E-state index in [1.807, 2.05) is 53.1 Å². The van der Waals surface area contributed by atoms with Crippen LogP contribution in [0.15, 0.2) is 78.2 Å². The summed E-state index contributed by atoms with van der Waals surface area (Å²) in [5.41, 5.74) is -0.743. The predicted molar refractivity (Wildman–Crippen MR) is 113 cm³/mol. The number of thioether (sulfide) groups is 1. The first kappa shape index (κ1) is 20.9. The highest BCUT2D eigenvalue weighted by molar-refractivity contribution is 8.00. The van der Waals surface area contributed by atoms with Crippen LogP contribution >= 0.6 is 11.8 Å². The van der Waals surface area contributed by atoms with Crippen LogP contribution in [-0.4, -0.2) is 26.0 Å². The molecule has 2 heterocycles. The lowest BCUT2D eigenvalue weighted by Crippen LogP contribution is -2.24. The van der Waals surface area contributed by atoms with Crippen molar-refractivity contribution in [3.8, 4) is 0 Å². The number of para-hydroxylation sites is 2. The van der Waals surface area contributed by atoms with E-state index in [9.17, 15) is 18.0 Å². The number of amides is 1. The second kappa shape index (κ2) is 8.81. The number of nitrogens with zero attached hydrogens (tertiary/aromatic N) is 3. The Morgan fingerprint density at radius 1 is 0.968 bits per heavy atom. The molecule has 0 saturated heterocycles. The van der Waals surface area contributed by atoms with Crippen molar-refractivity contribution in [2.75, 3.05) is 0 Å². The van der Waals surface area contributed by atoms with Gasteiger partial charge in [0.25, 0.3) is 5.91 Å². The number of hydrogen-bond acceptors (Lipinski definition) is 4. The molecule has 0 unspecified atom stereocenters. The van der Waals surface area contributed by atoms with Gasteiger partial charge in [-0.05, 0) is 35.4 Å². The highest BCUT2D eigenvalue weighted by Crippen LogP contribution is 2.37. The molecule has 1 amide bonds. The molecule has 0 atom stereocenters. The fourth-order valence-corrected chi connectivity index (χ4v) is 3.73. The van der Waals surface area contributed by atoms with Crippen molar-refractivity contribution in [3.05, 3.63) is 89.9 Å². The van der Waals surface area contributed by atoms with Crippen LogP contribution in [0, 0.1) is 0 Å². The Morgan fingerprint density at radius 2 is 1.71 bits per heavy atom. The Morgan fingerprint density at radius 3 is 2.48 bits per heavy atom. The molecule has 0 bridgehead atoms. The molecule has 158 valence electrons. The number of benzene rings is 2. The number of fused-ring (bicyclic) bond motifs is 1. The van der Waals surface area contributed by atoms with E-state index in [1.165, 1.54) is 18.3 Å². The first-order chi connectivity index (χ1) is 14.9. The quantitative estimate of drug-likeness (QED) is 0.426. The van der Waals surface area contributed by atoms with E-state index >= 15 is 0 Å². The normalized spacial score (nSPS) is 11.6. The van der Waals surface area contributed by atoms with Gasteiger partial charge in [0.1, 0.15) is 5.03 Å². The molecular formula is C22H17F3N4OS. The lowest BCUT2D eigenvalue weighted by molar-refractivity contribution is -0.0329. The third-order valence-corrected chi connectivity index (χ3v) is 5.33. The van der Waals surface area contributed by atoms with E-state index < -0.39 is 23.2 Å². The SMILES string of the molecule is O=C(NCc1ccc(Cn2cnc3ccccc32)cc1)c1cccnc1SC(F)(F)F. The zero-order valence-corrected chi connectivity index (χ0v) is 17.0. The number of pyridine rings is 1. The molecule has 1 N–H and O–H groups in total. The molecule has 4 aromatic rings. The number of nitrogens with one attached hydrogen (secondary N) is 1. The van der Waals surface area contributed by atoms with E-state index in [0.717, 1.165) is 22.2 Å². The molecule has 0 radical (unpaired) electrons. The highest BCUT2D eigenvalue weighted by Gasteiger charge is 2.32. The predicted octanol–water partition coefficient (Wildman–Crippen LogP) is 5.02. The smallest absolute Gasteiger partial charge is 0.348 e. The summed E-state index contributed by atoms with van der Waals surface area (Å²) in [7, 11) is 0. The van der Waals surface area contributed by atoms with Crippen LogP contribution in [0.25, 0.3) is 11.0 Å². The van der Waals surface area contributed by atoms with Crippen molar-refractivity contribution in [2.45, 2.75) is 23.6 Å². The minimum absolute atomic E-state index is 0.103. The molecule has 4 rings (SSSR count). The first-order valence-electron chi connectivity index (χ1n) is 9.36. The molecule has 0 aliphatic rings. The molecular weight excluding hydrogens is 425 g/mol. The summed E-state index contributed by atoms with van der Waals surface area (Å²) in [5, 5.41) is 2.29. The maximum atomic E-state index is 12.7. The molecule has 2 aromatic carbocycles. The number of carbonyl (C=O) groups excluding carboxylic acids is 1. The van der Waals surface area contributed by atoms with Crippen molar-refractivity contribution in [2.24, 2.45) is 0 Å². The molecule has 0 aliphatic carbocycles. The van der Waals surface area contributed by atoms with Crippen LogP contribution in [0.3, 0.4) is 0 Å². The standard InChI is InChI=1S/C22H17F3N4OS/c23-22(24,25)31-21-17(4-3-11-26-21)20(30)27-12-15-7-9-16(10-8-15)13-29-14-28-18-5-1-2-6-19(18)29/h1-11,14H,12-13H2,(H,27,30). The second-order valence-corrected chi connectivity index (χ2v) is 7.82. The Kier molecular flexibility index (Phi) is 5.94. The van der Waals surface area contributed by atoms with Crippen LogP contribution in [0.5, 0.6) is 0 Å². The molecule has 0 saturated carbocycles. The summed E-state index contributed by atoms with van der Waals surface area (Å²) >= 11 is -0.398. The topological polar surface area (TPSA) is 59.8 Å². The maximum Gasteiger partial charge on any atom is 0.447 e. The van der Waals surface area contributed by atoms with Crippen LogP contribution in [0.1, 0.15) is 21.5 Å². The van der Waals surface area contributed by atoms with E-state index in [2.05, 4.69) is 15.3 Å². The number of hydrogen-bond donors (Lipinski definition) is 1. The summed E-state index contributed by atoms with van der Waals surface area (Å²) in [4.78, 5) is 20.4. The van der Waals surface area contributed by atoms with Gasteiger partial charge in [0.2, 0.25) is 0 Å². The van der Waals surface area contributed by atoms with Crippen molar-refractivity contribution in [1.29, 1.82) is 0 Å². The number of imidazole rings is 1. The third kappa shape index (κ3) is 5.24. The largest absolute Gasteiger partial charge is 0.447 e. The van der Waals surface area contributed by atoms with Gasteiger partial charge in [-0.3, -0.25) is 4.79 Å². The van der Waals surface area contributed by atoms with Gasteiger partial charge in [-0.2, -0.15) is 13.2 Å². The van der Waals surface area contributed by atoms with Crippen LogP contribution < -0.4 is 5.32 Å². The monoisotopic (exact) mass is 442 g/mol. The average molecular weight is 442 g/mol. The number of rotatable bonds is 6. The van der Waals surface area contributed by atoms with Crippen molar-refractivity contribution in [1.82, 2.24) is 19.9 Å². The lowest BCUT2D eigenvalue weighted by atomic mass is 10.1. The number of alkyl halides is 3. The lowest BCUT2D eigenvalue weighted by Gasteiger charge is -2.11. The van der Waals surface area contributed by atoms with E-state index in [-0.39, 0.29) is 17.1 Å². The first-order valence-corrected chi connectivity index (χ1v) is 10.2. The number of halogens is 3. The molecule has 0 fully saturated rings. The van der Waals surface area contributed by atoms with Crippen LogP contribution in [-0.2, 0) is 13.1 Å². The van der Waals surface area contributed by atoms with Crippen molar-refractivity contribution < 1.29 is 18.0 Å². The third-order valence-electron chi connectivity index (χ3n) is 4.58. The molecule has 9 heteroatoms. The summed E-state index contributed by atoms with van der Waals surface area (Å²) in [6.07, 6.45) is 3.02. The van der Waals surface area contributed by atoms with Crippen molar-refractivity contribution in [3.63, 3.8) is 0 Å². The van der Waals surface area contributed by atoms with Gasteiger partial charge >= 0.3 is 5.51 Å². The van der Waals surface area contributed by atoms with Gasteiger partial charge in [0.15, 0.2) is 0 Å². The van der Waals surface area contributed by atoms with Gasteiger partial charge in [0.05, 0.1) is 22.9 Å². The summed E-state index contributed by atoms with van der Waals surface area (Å²) in [6, 6.07) is 18.3. The Balaban J connectivity index is 1.39. The minimum Gasteiger partial charge on any atom is -0.348 e. The minimum atomic E-state index is -4.51. The number of carbonyl (C=O) groups is 1. The highest BCUT2D eigenvalue weighted by atomic mass is 32.2. The fraction of sp³-hybridized carbons (Fsp3) is 0.136. The molecule has 31 heavy (non-hydrogen) atoms. The Labute approximate surface area is 180 Å². The zero-order chi connectivity index (χ0) is 21.8. The van der Waals surface area contributed by atoms with Gasteiger partial charge in [-0.25, -0.2) is 9.97 Å². The molecule has 0 spiro atoms. The average Bonchev–Trinajstić information content (AvgIpc) is 3.15. The zero-order valence-electron chi connectivity index (χ0n) is 16.1. The van der Waals surface area contributed by atoms with E-state index in [4.69, 9.17) is 0 Å². The molecule has 5 nitrogen and oxygen atoms in total. The fourth-order valence-electron chi connectivity index (χ4n) is 3.13. The van der Waals surface area contributed by atoms with Crippen LogP contribution in [0.2, 0.25) is 0 Å². The van der Waals surface area contributed by atoms with Crippen molar-refractivity contribution >= 4 is 28.7 Å². The second-order valence-electron chi connectivity index (χ2n) is 6.76. The Hall–Kier alpha value is -3.33. The molecule has 0 aliphatic heterocycles. The summed E-state index contributed by atoms with van der Waals surface area (Å²) < 4.78 is 40.1. The van der Waals surface area contributed by atoms with E-state index in [1.54, 1.807) is 6.33 Å². The summed E-state index contributed by atoms with van der Waals surface area (Å²) in [5.74, 6) is -0.603. The molecule has 2 aromatic heterocycles. The summed E-state index contributed by atoms with van der Waals surface area (Å²) in [6.45, 7) is 0.846. The van der Waals surface area contributed by atoms with Gasteiger partial charge in [0, 0.05) is 31.0 Å².